The molecule has 0 bridgehead atoms. The van der Waals surface area contributed by atoms with Crippen molar-refractivity contribution in [3.05, 3.63) is 24.3 Å². The third-order valence-corrected chi connectivity index (χ3v) is 3.08. The van der Waals surface area contributed by atoms with Crippen molar-refractivity contribution in [1.29, 1.82) is 0 Å². The molecule has 3 nitrogen and oxygen atoms in total. The van der Waals surface area contributed by atoms with E-state index in [2.05, 4.69) is 12.2 Å². The number of thioether (sulfide) groups is 1. The Kier molecular flexibility index (Phi) is 7.08. The van der Waals surface area contributed by atoms with Crippen LogP contribution in [0.25, 0.3) is 0 Å². The van der Waals surface area contributed by atoms with Gasteiger partial charge in [0.2, 0.25) is 0 Å². The van der Waals surface area contributed by atoms with Gasteiger partial charge in [-0.1, -0.05) is 19.1 Å². The highest BCUT2D eigenvalue weighted by molar-refractivity contribution is 7.98. The summed E-state index contributed by atoms with van der Waals surface area (Å²) in [6, 6.07) is 7.87. The highest BCUT2D eigenvalue weighted by Crippen LogP contribution is 2.26. The summed E-state index contributed by atoms with van der Waals surface area (Å²) in [6.45, 7) is 3.94. The molecule has 0 saturated heterocycles. The summed E-state index contributed by atoms with van der Waals surface area (Å²) in [7, 11) is 0. The number of rotatable bonds is 8. The number of aliphatic hydroxyl groups is 1. The van der Waals surface area contributed by atoms with E-state index in [9.17, 15) is 5.11 Å². The molecule has 0 saturated carbocycles. The Morgan fingerprint density at radius 2 is 2.18 bits per heavy atom. The summed E-state index contributed by atoms with van der Waals surface area (Å²) in [4.78, 5) is 1.10. The van der Waals surface area contributed by atoms with Crippen LogP contribution in [0.4, 0.5) is 0 Å². The van der Waals surface area contributed by atoms with Crippen molar-refractivity contribution in [3.8, 4) is 5.75 Å². The summed E-state index contributed by atoms with van der Waals surface area (Å²) in [5, 5.41) is 12.9. The lowest BCUT2D eigenvalue weighted by Crippen LogP contribution is -2.31. The van der Waals surface area contributed by atoms with Gasteiger partial charge in [0.25, 0.3) is 0 Å². The normalized spacial score (nSPS) is 12.4. The fourth-order valence-corrected chi connectivity index (χ4v) is 1.97. The van der Waals surface area contributed by atoms with Crippen LogP contribution in [0.5, 0.6) is 5.75 Å². The van der Waals surface area contributed by atoms with Crippen LogP contribution in [0.15, 0.2) is 29.2 Å². The number of ether oxygens (including phenoxy) is 1. The molecule has 0 aliphatic carbocycles. The standard InChI is InChI=1S/C13H21NO2S/c1-3-8-14-9-11(15)10-16-12-6-4-5-7-13(12)17-2/h4-7,11,14-15H,3,8-10H2,1-2H3. The monoisotopic (exact) mass is 255 g/mol. The van der Waals surface area contributed by atoms with E-state index in [-0.39, 0.29) is 0 Å². The van der Waals surface area contributed by atoms with Crippen LogP contribution in [-0.2, 0) is 0 Å². The molecule has 17 heavy (non-hydrogen) atoms. The fraction of sp³-hybridized carbons (Fsp3) is 0.538. The molecule has 0 amide bonds. The quantitative estimate of drug-likeness (QED) is 0.552. The zero-order valence-corrected chi connectivity index (χ0v) is 11.3. The molecule has 2 N–H and O–H groups in total. The molecule has 1 aromatic rings. The minimum atomic E-state index is -0.462. The Morgan fingerprint density at radius 1 is 1.41 bits per heavy atom. The first kappa shape index (κ1) is 14.4. The van der Waals surface area contributed by atoms with Crippen LogP contribution in [0.2, 0.25) is 0 Å². The molecule has 0 aromatic heterocycles. The second-order valence-corrected chi connectivity index (χ2v) is 4.67. The van der Waals surface area contributed by atoms with Gasteiger partial charge in [-0.3, -0.25) is 0 Å². The van der Waals surface area contributed by atoms with E-state index in [0.29, 0.717) is 13.2 Å². The van der Waals surface area contributed by atoms with Gasteiger partial charge in [0.15, 0.2) is 0 Å². The number of benzene rings is 1. The second-order valence-electron chi connectivity index (χ2n) is 3.82. The Labute approximate surface area is 108 Å². The molecule has 0 aliphatic rings. The molecular formula is C13H21NO2S. The van der Waals surface area contributed by atoms with Crippen molar-refractivity contribution < 1.29 is 9.84 Å². The summed E-state index contributed by atoms with van der Waals surface area (Å²) in [5.41, 5.74) is 0. The van der Waals surface area contributed by atoms with Gasteiger partial charge in [-0.25, -0.2) is 0 Å². The smallest absolute Gasteiger partial charge is 0.132 e. The first-order chi connectivity index (χ1) is 8.27. The highest BCUT2D eigenvalue weighted by Gasteiger charge is 2.06. The van der Waals surface area contributed by atoms with E-state index in [0.717, 1.165) is 23.6 Å². The molecule has 0 radical (unpaired) electrons. The van der Waals surface area contributed by atoms with Gasteiger partial charge in [-0.15, -0.1) is 11.8 Å². The minimum Gasteiger partial charge on any atom is -0.490 e. The van der Waals surface area contributed by atoms with Gasteiger partial charge in [0.1, 0.15) is 18.5 Å². The lowest BCUT2D eigenvalue weighted by Gasteiger charge is -2.14. The third kappa shape index (κ3) is 5.44. The van der Waals surface area contributed by atoms with Gasteiger partial charge in [0.05, 0.1) is 0 Å². The molecule has 1 unspecified atom stereocenters. The maximum absolute atomic E-state index is 9.71. The maximum atomic E-state index is 9.71. The van der Waals surface area contributed by atoms with Crippen molar-refractivity contribution in [1.82, 2.24) is 5.32 Å². The first-order valence-electron chi connectivity index (χ1n) is 5.92. The molecule has 96 valence electrons. The van der Waals surface area contributed by atoms with Gasteiger partial charge >= 0.3 is 0 Å². The number of hydrogen-bond acceptors (Lipinski definition) is 4. The number of para-hydroxylation sites is 1. The van der Waals surface area contributed by atoms with Crippen LogP contribution in [0, 0.1) is 0 Å². The van der Waals surface area contributed by atoms with E-state index >= 15 is 0 Å². The maximum Gasteiger partial charge on any atom is 0.132 e. The van der Waals surface area contributed by atoms with Crippen molar-refractivity contribution in [3.63, 3.8) is 0 Å². The highest BCUT2D eigenvalue weighted by atomic mass is 32.2. The SMILES string of the molecule is CCCNCC(O)COc1ccccc1SC. The molecule has 1 atom stereocenters. The molecule has 0 fully saturated rings. The average molecular weight is 255 g/mol. The topological polar surface area (TPSA) is 41.5 Å². The number of aliphatic hydroxyl groups excluding tert-OH is 1. The molecule has 1 rings (SSSR count). The van der Waals surface area contributed by atoms with Crippen LogP contribution < -0.4 is 10.1 Å². The third-order valence-electron chi connectivity index (χ3n) is 2.31. The zero-order chi connectivity index (χ0) is 12.5. The zero-order valence-electron chi connectivity index (χ0n) is 10.5. The van der Waals surface area contributed by atoms with Crippen molar-refractivity contribution in [2.45, 2.75) is 24.3 Å². The van der Waals surface area contributed by atoms with Gasteiger partial charge < -0.3 is 15.2 Å². The first-order valence-corrected chi connectivity index (χ1v) is 7.15. The van der Waals surface area contributed by atoms with Crippen molar-refractivity contribution in [2.75, 3.05) is 26.0 Å². The minimum absolute atomic E-state index is 0.328. The van der Waals surface area contributed by atoms with E-state index in [4.69, 9.17) is 4.74 Å². The molecular weight excluding hydrogens is 234 g/mol. The number of nitrogens with one attached hydrogen (secondary N) is 1. The molecule has 4 heteroatoms. The molecule has 0 spiro atoms. The van der Waals surface area contributed by atoms with Gasteiger partial charge in [-0.05, 0) is 31.4 Å². The Balaban J connectivity index is 2.33. The lowest BCUT2D eigenvalue weighted by atomic mass is 10.3. The summed E-state index contributed by atoms with van der Waals surface area (Å²) in [6.07, 6.45) is 2.63. The largest absolute Gasteiger partial charge is 0.490 e. The number of hydrogen-bond donors (Lipinski definition) is 2. The summed E-state index contributed by atoms with van der Waals surface area (Å²) >= 11 is 1.65. The van der Waals surface area contributed by atoms with Crippen LogP contribution >= 0.6 is 11.8 Å². The van der Waals surface area contributed by atoms with Crippen LogP contribution in [0.3, 0.4) is 0 Å². The Morgan fingerprint density at radius 3 is 2.88 bits per heavy atom. The van der Waals surface area contributed by atoms with E-state index < -0.39 is 6.10 Å². The van der Waals surface area contributed by atoms with E-state index in [1.54, 1.807) is 11.8 Å². The summed E-state index contributed by atoms with van der Waals surface area (Å²) < 4.78 is 5.61. The lowest BCUT2D eigenvalue weighted by molar-refractivity contribution is 0.105. The molecule has 0 heterocycles. The van der Waals surface area contributed by atoms with Crippen LogP contribution in [-0.4, -0.2) is 37.2 Å². The van der Waals surface area contributed by atoms with Crippen LogP contribution in [0.1, 0.15) is 13.3 Å². The Hall–Kier alpha value is -0.710. The van der Waals surface area contributed by atoms with Crippen molar-refractivity contribution >= 4 is 11.8 Å². The van der Waals surface area contributed by atoms with Gasteiger partial charge in [-0.2, -0.15) is 0 Å². The predicted octanol–water partition coefficient (Wildman–Crippen LogP) is 2.15. The summed E-state index contributed by atoms with van der Waals surface area (Å²) in [5.74, 6) is 0.842. The fourth-order valence-electron chi connectivity index (χ4n) is 1.43. The Bertz CT molecular complexity index is 320. The second kappa shape index (κ2) is 8.39. The average Bonchev–Trinajstić information content (AvgIpc) is 2.37. The molecule has 0 aliphatic heterocycles. The predicted molar refractivity (Wildman–Crippen MR) is 72.9 cm³/mol. The van der Waals surface area contributed by atoms with E-state index in [1.807, 2.05) is 30.5 Å². The van der Waals surface area contributed by atoms with Crippen molar-refractivity contribution in [2.24, 2.45) is 0 Å². The van der Waals surface area contributed by atoms with Gasteiger partial charge in [0, 0.05) is 11.4 Å². The molecule has 1 aromatic carbocycles. The van der Waals surface area contributed by atoms with E-state index in [1.165, 1.54) is 0 Å².